The highest BCUT2D eigenvalue weighted by Gasteiger charge is 2.52. The van der Waals surface area contributed by atoms with E-state index in [0.717, 1.165) is 24.4 Å². The quantitative estimate of drug-likeness (QED) is 0.640. The Bertz CT molecular complexity index is 1020. The largest absolute Gasteiger partial charge is 0.461 e. The molecule has 3 rings (SSSR count). The molecule has 1 aliphatic heterocycles. The third-order valence-electron chi connectivity index (χ3n) is 4.61. The van der Waals surface area contributed by atoms with Gasteiger partial charge in [0.15, 0.2) is 6.10 Å². The molecule has 0 bridgehead atoms. The van der Waals surface area contributed by atoms with Gasteiger partial charge in [-0.2, -0.15) is 13.2 Å². The number of pyridine rings is 1. The van der Waals surface area contributed by atoms with Gasteiger partial charge in [-0.3, -0.25) is 4.79 Å². The molecular formula is C19H16F6N4O3. The van der Waals surface area contributed by atoms with Crippen molar-refractivity contribution in [1.82, 2.24) is 4.98 Å². The number of ether oxygens (including phenoxy) is 2. The number of nitrogens with zero attached hydrogens (tertiary/aromatic N) is 2. The molecule has 7 nitrogen and oxygen atoms in total. The lowest BCUT2D eigenvalue weighted by atomic mass is 9.84. The van der Waals surface area contributed by atoms with E-state index in [4.69, 9.17) is 5.73 Å². The second-order valence-electron chi connectivity index (χ2n) is 6.75. The van der Waals surface area contributed by atoms with E-state index in [0.29, 0.717) is 0 Å². The van der Waals surface area contributed by atoms with E-state index in [1.54, 1.807) is 0 Å². The van der Waals surface area contributed by atoms with E-state index in [2.05, 4.69) is 24.8 Å². The average molecular weight is 462 g/mol. The van der Waals surface area contributed by atoms with Gasteiger partial charge in [-0.15, -0.1) is 0 Å². The number of amides is 1. The number of carbonyl (C=O) groups is 1. The Labute approximate surface area is 177 Å². The molecule has 0 saturated heterocycles. The topological polar surface area (TPSA) is 98.8 Å². The van der Waals surface area contributed by atoms with Crippen molar-refractivity contribution in [2.24, 2.45) is 10.7 Å². The minimum absolute atomic E-state index is 0.0612. The summed E-state index contributed by atoms with van der Waals surface area (Å²) in [6, 6.07) is 4.50. The zero-order valence-electron chi connectivity index (χ0n) is 16.1. The Morgan fingerprint density at radius 2 is 2.03 bits per heavy atom. The summed E-state index contributed by atoms with van der Waals surface area (Å²) in [5.41, 5.74) is 2.28. The standard InChI is InChI=1S/C19H16F6N4O3/c20-8-18(6-15(19(23,24)25)32-17(26)29-18)12-5-10(1-3-13(12)22)28-16(30)14-4-2-11(7-27-14)31-9-21/h1-5,7,15H,6,8-9H2,(H2,26,29)(H,28,30)/t15-,18+/m0/s1. The van der Waals surface area contributed by atoms with Crippen LogP contribution in [-0.2, 0) is 10.3 Å². The molecule has 1 aromatic carbocycles. The van der Waals surface area contributed by atoms with Gasteiger partial charge in [0.25, 0.3) is 11.9 Å². The summed E-state index contributed by atoms with van der Waals surface area (Å²) in [6.45, 7) is -2.59. The van der Waals surface area contributed by atoms with E-state index in [-0.39, 0.29) is 17.1 Å². The number of anilines is 1. The summed E-state index contributed by atoms with van der Waals surface area (Å²) in [4.78, 5) is 19.8. The molecule has 2 heterocycles. The second-order valence-corrected chi connectivity index (χ2v) is 6.75. The number of hydrogen-bond donors (Lipinski definition) is 2. The van der Waals surface area contributed by atoms with Crippen LogP contribution >= 0.6 is 0 Å². The molecule has 0 radical (unpaired) electrons. The number of carbonyl (C=O) groups excluding carboxylic acids is 1. The zero-order valence-corrected chi connectivity index (χ0v) is 16.1. The summed E-state index contributed by atoms with van der Waals surface area (Å²) in [5.74, 6) is -1.75. The molecule has 1 aromatic heterocycles. The Kier molecular flexibility index (Phi) is 6.46. The van der Waals surface area contributed by atoms with Gasteiger partial charge < -0.3 is 20.5 Å². The lowest BCUT2D eigenvalue weighted by molar-refractivity contribution is -0.209. The maximum absolute atomic E-state index is 14.5. The van der Waals surface area contributed by atoms with Gasteiger partial charge >= 0.3 is 6.18 Å². The number of nitrogens with two attached hydrogens (primary N) is 1. The Balaban J connectivity index is 1.90. The first-order chi connectivity index (χ1) is 15.1. The minimum atomic E-state index is -4.90. The summed E-state index contributed by atoms with van der Waals surface area (Å²) < 4.78 is 89.3. The van der Waals surface area contributed by atoms with E-state index >= 15 is 0 Å². The summed E-state index contributed by atoms with van der Waals surface area (Å²) in [5, 5.41) is 2.37. The molecule has 172 valence electrons. The Morgan fingerprint density at radius 1 is 1.28 bits per heavy atom. The molecule has 2 aromatic rings. The Hall–Kier alpha value is -3.51. The number of amidine groups is 1. The number of aliphatic imine (C=N–C) groups is 1. The summed E-state index contributed by atoms with van der Waals surface area (Å²) in [6.07, 6.45) is -7.35. The lowest BCUT2D eigenvalue weighted by Gasteiger charge is -2.36. The molecule has 32 heavy (non-hydrogen) atoms. The SMILES string of the molecule is NC1=N[C@](CF)(c2cc(NC(=O)c3ccc(OCF)cn3)ccc2F)C[C@@H](C(F)(F)F)O1. The van der Waals surface area contributed by atoms with Crippen molar-refractivity contribution in [2.45, 2.75) is 24.2 Å². The highest BCUT2D eigenvalue weighted by Crippen LogP contribution is 2.42. The zero-order chi connectivity index (χ0) is 23.5. The predicted octanol–water partition coefficient (Wildman–Crippen LogP) is 3.61. The van der Waals surface area contributed by atoms with Crippen LogP contribution in [0.3, 0.4) is 0 Å². The van der Waals surface area contributed by atoms with E-state index < -0.39 is 61.1 Å². The van der Waals surface area contributed by atoms with Gasteiger partial charge in [-0.05, 0) is 30.3 Å². The molecule has 0 fully saturated rings. The van der Waals surface area contributed by atoms with Gasteiger partial charge in [0.1, 0.15) is 29.5 Å². The normalized spacial score (nSPS) is 20.8. The number of aromatic nitrogens is 1. The molecule has 0 spiro atoms. The average Bonchev–Trinajstić information content (AvgIpc) is 2.74. The molecule has 0 saturated carbocycles. The van der Waals surface area contributed by atoms with Gasteiger partial charge in [-0.1, -0.05) is 0 Å². The van der Waals surface area contributed by atoms with E-state index in [9.17, 15) is 31.1 Å². The van der Waals surface area contributed by atoms with Gasteiger partial charge in [0.05, 0.1) is 6.20 Å². The third-order valence-corrected chi connectivity index (χ3v) is 4.61. The molecule has 3 N–H and O–H groups in total. The fraction of sp³-hybridized carbons (Fsp3) is 0.316. The highest BCUT2D eigenvalue weighted by atomic mass is 19.4. The molecule has 0 aliphatic carbocycles. The smallest absolute Gasteiger partial charge is 0.425 e. The Morgan fingerprint density at radius 3 is 2.62 bits per heavy atom. The van der Waals surface area contributed by atoms with Crippen LogP contribution in [0.25, 0.3) is 0 Å². The van der Waals surface area contributed by atoms with E-state index in [1.807, 2.05) is 0 Å². The molecular weight excluding hydrogens is 446 g/mol. The first-order valence-corrected chi connectivity index (χ1v) is 8.99. The minimum Gasteiger partial charge on any atom is -0.461 e. The predicted molar refractivity (Wildman–Crippen MR) is 100 cm³/mol. The van der Waals surface area contributed by atoms with Crippen molar-refractivity contribution in [3.05, 3.63) is 53.6 Å². The van der Waals surface area contributed by atoms with Gasteiger partial charge in [0, 0.05) is 17.7 Å². The van der Waals surface area contributed by atoms with Gasteiger partial charge in [-0.25, -0.2) is 23.1 Å². The van der Waals surface area contributed by atoms with Crippen molar-refractivity contribution in [3.63, 3.8) is 0 Å². The summed E-state index contributed by atoms with van der Waals surface area (Å²) in [7, 11) is 0. The number of halogens is 6. The van der Waals surface area contributed by atoms with E-state index in [1.165, 1.54) is 12.1 Å². The molecule has 0 unspecified atom stereocenters. The summed E-state index contributed by atoms with van der Waals surface area (Å²) >= 11 is 0. The first-order valence-electron chi connectivity index (χ1n) is 8.99. The van der Waals surface area contributed by atoms with Crippen LogP contribution in [-0.4, -0.2) is 42.7 Å². The molecule has 13 heteroatoms. The number of nitrogens with one attached hydrogen (secondary N) is 1. The van der Waals surface area contributed by atoms with Crippen molar-refractivity contribution in [2.75, 3.05) is 18.9 Å². The molecule has 2 atom stereocenters. The number of benzene rings is 1. The van der Waals surface area contributed by atoms with Crippen LogP contribution in [0.1, 0.15) is 22.5 Å². The maximum Gasteiger partial charge on any atom is 0.425 e. The van der Waals surface area contributed by atoms with Crippen LogP contribution in [0.15, 0.2) is 41.5 Å². The van der Waals surface area contributed by atoms with Crippen LogP contribution in [0, 0.1) is 5.82 Å². The lowest BCUT2D eigenvalue weighted by Crippen LogP contribution is -2.48. The van der Waals surface area contributed by atoms with Crippen LogP contribution in [0.4, 0.5) is 32.0 Å². The molecule has 1 amide bonds. The number of alkyl halides is 5. The van der Waals surface area contributed by atoms with Crippen LogP contribution < -0.4 is 15.8 Å². The fourth-order valence-corrected chi connectivity index (χ4v) is 3.10. The van der Waals surface area contributed by atoms with Crippen LogP contribution in [0.5, 0.6) is 5.75 Å². The second kappa shape index (κ2) is 8.93. The first kappa shape index (κ1) is 23.2. The van der Waals surface area contributed by atoms with Crippen molar-refractivity contribution in [3.8, 4) is 5.75 Å². The number of rotatable bonds is 6. The maximum atomic E-state index is 14.5. The number of hydrogen-bond acceptors (Lipinski definition) is 6. The van der Waals surface area contributed by atoms with Crippen molar-refractivity contribution < 1.29 is 40.6 Å². The van der Waals surface area contributed by atoms with Gasteiger partial charge in [0.2, 0.25) is 6.86 Å². The van der Waals surface area contributed by atoms with Crippen molar-refractivity contribution >= 4 is 17.6 Å². The highest BCUT2D eigenvalue weighted by molar-refractivity contribution is 6.02. The monoisotopic (exact) mass is 462 g/mol. The molecule has 1 aliphatic rings. The fourth-order valence-electron chi connectivity index (χ4n) is 3.10. The van der Waals surface area contributed by atoms with Crippen molar-refractivity contribution in [1.29, 1.82) is 0 Å². The third kappa shape index (κ3) is 4.86. The van der Waals surface area contributed by atoms with Crippen LogP contribution in [0.2, 0.25) is 0 Å².